The van der Waals surface area contributed by atoms with Gasteiger partial charge in [0.2, 0.25) is 0 Å². The number of hydrogen-bond donors (Lipinski definition) is 0. The number of aromatic nitrogens is 2. The number of benzene rings is 1. The SMILES string of the molecule is CCCCCCCc1cnc(-c2ccc(OCC(F)(F)C(F)(F)C(F)(F)C(F)(F)C(F)(F)OC(F)(F)C(F)(F)OC(F)(F)C(F)(F)C(F)(F)C(F)(F)F)cc2)nc1. The van der Waals surface area contributed by atoms with Crippen molar-refractivity contribution in [2.75, 3.05) is 6.61 Å². The van der Waals surface area contributed by atoms with Crippen LogP contribution in [0.15, 0.2) is 36.7 Å². The van der Waals surface area contributed by atoms with Crippen LogP contribution in [0.4, 0.5) is 101 Å². The molecule has 1 aromatic heterocycles. The van der Waals surface area contributed by atoms with Crippen LogP contribution in [0.5, 0.6) is 5.75 Å². The Bertz CT molecular complexity index is 1610. The van der Waals surface area contributed by atoms with Gasteiger partial charge < -0.3 is 4.74 Å². The summed E-state index contributed by atoms with van der Waals surface area (Å²) < 4.78 is 316. The van der Waals surface area contributed by atoms with E-state index in [1.54, 1.807) is 0 Å². The Morgan fingerprint density at radius 3 is 1.32 bits per heavy atom. The maximum atomic E-state index is 14.3. The number of rotatable bonds is 21. The van der Waals surface area contributed by atoms with Crippen LogP contribution in [0.2, 0.25) is 0 Å². The van der Waals surface area contributed by atoms with E-state index >= 15 is 0 Å². The lowest BCUT2D eigenvalue weighted by molar-refractivity contribution is -0.558. The van der Waals surface area contributed by atoms with E-state index in [4.69, 9.17) is 0 Å². The maximum absolute atomic E-state index is 14.3. The Hall–Kier alpha value is -3.59. The van der Waals surface area contributed by atoms with Crippen LogP contribution in [0, 0.1) is 0 Å². The summed E-state index contributed by atoms with van der Waals surface area (Å²) in [4.78, 5) is 8.08. The fraction of sp³-hybridized carbons (Fsp3) is 0.655. The highest BCUT2D eigenvalue weighted by molar-refractivity contribution is 5.55. The molecule has 0 bridgehead atoms. The van der Waals surface area contributed by atoms with Gasteiger partial charge in [-0.2, -0.15) is 101 Å². The van der Waals surface area contributed by atoms with Crippen molar-refractivity contribution in [3.8, 4) is 17.1 Å². The van der Waals surface area contributed by atoms with E-state index < -0.39 is 78.5 Å². The molecule has 0 spiro atoms. The van der Waals surface area contributed by atoms with Crippen molar-refractivity contribution in [1.29, 1.82) is 0 Å². The normalized spacial score (nSPS) is 14.9. The molecule has 2 aromatic rings. The van der Waals surface area contributed by atoms with Gasteiger partial charge >= 0.3 is 66.1 Å². The van der Waals surface area contributed by atoms with E-state index in [1.807, 2.05) is 6.92 Å². The molecule has 0 saturated heterocycles. The number of halogens is 23. The van der Waals surface area contributed by atoms with Gasteiger partial charge in [-0.25, -0.2) is 19.4 Å². The molecule has 0 radical (unpaired) electrons. The highest BCUT2D eigenvalue weighted by Crippen LogP contribution is 2.60. The minimum Gasteiger partial charge on any atom is -0.487 e. The van der Waals surface area contributed by atoms with Crippen LogP contribution in [-0.4, -0.2) is 82.7 Å². The molecule has 0 amide bonds. The van der Waals surface area contributed by atoms with Crippen molar-refractivity contribution >= 4 is 0 Å². The molecule has 0 aliphatic heterocycles. The number of alkyl halides is 23. The van der Waals surface area contributed by atoms with Gasteiger partial charge in [0.1, 0.15) is 5.75 Å². The molecule has 0 unspecified atom stereocenters. The smallest absolute Gasteiger partial charge is 0.460 e. The Morgan fingerprint density at radius 2 is 0.895 bits per heavy atom. The summed E-state index contributed by atoms with van der Waals surface area (Å²) in [6, 6.07) is 3.25. The van der Waals surface area contributed by atoms with Gasteiger partial charge in [-0.15, -0.1) is 0 Å². The minimum absolute atomic E-state index is 0.0114. The van der Waals surface area contributed by atoms with Gasteiger partial charge in [0.15, 0.2) is 12.4 Å². The molecule has 0 aliphatic rings. The first-order valence-corrected chi connectivity index (χ1v) is 15.2. The molecule has 5 nitrogen and oxygen atoms in total. The molecular weight excluding hydrogens is 861 g/mol. The number of ether oxygens (including phenoxy) is 3. The molecule has 1 heterocycles. The van der Waals surface area contributed by atoms with Crippen LogP contribution in [0.3, 0.4) is 0 Å². The van der Waals surface area contributed by atoms with Crippen LogP contribution < -0.4 is 4.74 Å². The fourth-order valence-electron chi connectivity index (χ4n) is 4.07. The fourth-order valence-corrected chi connectivity index (χ4v) is 4.07. The molecule has 0 aliphatic carbocycles. The Balaban J connectivity index is 2.25. The summed E-state index contributed by atoms with van der Waals surface area (Å²) in [5, 5.41) is 0. The first-order chi connectivity index (χ1) is 25.4. The standard InChI is InChI=1S/C29H23F23N2O3/c1-2-3-4-5-6-7-15-12-53-18(54-13-15)16-8-10-17(11-9-16)55-14-19(30,31)20(32,33)21(34,35)23(38,39)26(45,46)56-28(49,50)29(51,52)57-27(47,48)24(40,41)22(36,37)25(42,43)44/h8-13H,2-7,14H2,1H3. The predicted molar refractivity (Wildman–Crippen MR) is 143 cm³/mol. The average Bonchev–Trinajstić information content (AvgIpc) is 3.06. The highest BCUT2D eigenvalue weighted by Gasteiger charge is 2.89. The van der Waals surface area contributed by atoms with E-state index in [9.17, 15) is 101 Å². The number of hydrogen-bond acceptors (Lipinski definition) is 5. The summed E-state index contributed by atoms with van der Waals surface area (Å²) >= 11 is 0. The van der Waals surface area contributed by atoms with Crippen LogP contribution in [0.25, 0.3) is 11.4 Å². The van der Waals surface area contributed by atoms with Gasteiger partial charge in [-0.05, 0) is 42.7 Å². The zero-order valence-corrected chi connectivity index (χ0v) is 27.7. The molecule has 328 valence electrons. The Morgan fingerprint density at radius 1 is 0.474 bits per heavy atom. The second-order valence-electron chi connectivity index (χ2n) is 11.7. The lowest BCUT2D eigenvalue weighted by Gasteiger charge is -2.40. The van der Waals surface area contributed by atoms with Crippen molar-refractivity contribution in [2.24, 2.45) is 0 Å². The van der Waals surface area contributed by atoms with Crippen molar-refractivity contribution in [2.45, 2.75) is 112 Å². The number of aryl methyl sites for hydroxylation is 1. The zero-order chi connectivity index (χ0) is 44.5. The highest BCUT2D eigenvalue weighted by atomic mass is 19.4. The van der Waals surface area contributed by atoms with Crippen molar-refractivity contribution in [1.82, 2.24) is 9.97 Å². The summed E-state index contributed by atoms with van der Waals surface area (Å²) in [7, 11) is 0. The van der Waals surface area contributed by atoms with Crippen molar-refractivity contribution in [3.05, 3.63) is 42.2 Å². The van der Waals surface area contributed by atoms with Gasteiger partial charge in [-0.3, -0.25) is 0 Å². The van der Waals surface area contributed by atoms with Gasteiger partial charge in [0, 0.05) is 18.0 Å². The van der Waals surface area contributed by atoms with Crippen LogP contribution >= 0.6 is 0 Å². The molecule has 0 atom stereocenters. The second kappa shape index (κ2) is 16.2. The summed E-state index contributed by atoms with van der Waals surface area (Å²) in [5.74, 6) is -49.2. The molecule has 1 aromatic carbocycles. The van der Waals surface area contributed by atoms with E-state index in [1.165, 1.54) is 17.1 Å². The Kier molecular flexibility index (Phi) is 14.1. The van der Waals surface area contributed by atoms with Crippen LogP contribution in [0.1, 0.15) is 44.6 Å². The van der Waals surface area contributed by atoms with Gasteiger partial charge in [-0.1, -0.05) is 32.6 Å². The zero-order valence-electron chi connectivity index (χ0n) is 27.7. The topological polar surface area (TPSA) is 53.5 Å². The predicted octanol–water partition coefficient (Wildman–Crippen LogP) is 11.8. The second-order valence-corrected chi connectivity index (χ2v) is 11.7. The third kappa shape index (κ3) is 9.66. The average molecular weight is 884 g/mol. The minimum atomic E-state index is -8.59. The molecule has 28 heteroatoms. The Labute approximate surface area is 303 Å². The first-order valence-electron chi connectivity index (χ1n) is 15.2. The number of nitrogens with zero attached hydrogens (tertiary/aromatic N) is 2. The summed E-state index contributed by atoms with van der Waals surface area (Å²) in [5.41, 5.74) is 0.808. The first kappa shape index (κ1) is 49.6. The molecule has 0 saturated carbocycles. The van der Waals surface area contributed by atoms with Crippen LogP contribution in [-0.2, 0) is 15.9 Å². The molecule has 0 N–H and O–H groups in total. The quantitative estimate of drug-likeness (QED) is 0.0923. The largest absolute Gasteiger partial charge is 0.487 e. The van der Waals surface area contributed by atoms with Crippen molar-refractivity contribution < 1.29 is 115 Å². The monoisotopic (exact) mass is 884 g/mol. The summed E-state index contributed by atoms with van der Waals surface area (Å²) in [6.45, 7) is -1.11. The third-order valence-corrected chi connectivity index (χ3v) is 7.39. The molecule has 0 fully saturated rings. The lowest BCUT2D eigenvalue weighted by atomic mass is 9.98. The molecular formula is C29H23F23N2O3. The lowest BCUT2D eigenvalue weighted by Crippen LogP contribution is -2.70. The van der Waals surface area contributed by atoms with Gasteiger partial charge in [0.25, 0.3) is 0 Å². The third-order valence-electron chi connectivity index (χ3n) is 7.39. The number of unbranched alkanes of at least 4 members (excludes halogenated alkanes) is 4. The van der Waals surface area contributed by atoms with E-state index in [0.29, 0.717) is 18.6 Å². The summed E-state index contributed by atoms with van der Waals surface area (Å²) in [6.07, 6.45) is -32.8. The molecule has 57 heavy (non-hydrogen) atoms. The maximum Gasteiger partial charge on any atom is 0.460 e. The van der Waals surface area contributed by atoms with Crippen molar-refractivity contribution in [3.63, 3.8) is 0 Å². The van der Waals surface area contributed by atoms with E-state index in [2.05, 4.69) is 14.7 Å². The molecule has 2 rings (SSSR count). The van der Waals surface area contributed by atoms with E-state index in [0.717, 1.165) is 54.5 Å². The van der Waals surface area contributed by atoms with E-state index in [-0.39, 0.29) is 11.4 Å². The van der Waals surface area contributed by atoms with Gasteiger partial charge in [0.05, 0.1) is 0 Å².